The van der Waals surface area contributed by atoms with Crippen molar-refractivity contribution in [2.75, 3.05) is 32.7 Å². The number of piperazine rings is 1. The smallest absolute Gasteiger partial charge is 0.410 e. The Labute approximate surface area is 284 Å². The molecular weight excluding hydrogens is 629 g/mol. The SMILES string of the molecule is Cc1cc(-c2n[nH]c3ccc(C(=O)N[C@@H]4CC[C@@H](C(=O)N5CCN(C(=O)OC(C)(C)C)CC5)N(Cc5c(O)cccc5F)C4)cc23)ccn1. The molecule has 258 valence electrons. The van der Waals surface area contributed by atoms with Gasteiger partial charge in [-0.05, 0) is 83.0 Å². The molecule has 2 aromatic carbocycles. The second-order valence-corrected chi connectivity index (χ2v) is 13.7. The highest BCUT2D eigenvalue weighted by atomic mass is 19.1. The molecule has 0 saturated carbocycles. The first-order valence-electron chi connectivity index (χ1n) is 16.6. The Kier molecular flexibility index (Phi) is 9.55. The Bertz CT molecular complexity index is 1840. The van der Waals surface area contributed by atoms with Crippen LogP contribution in [0.4, 0.5) is 9.18 Å². The molecule has 2 aromatic heterocycles. The normalized spacial score (nSPS) is 18.8. The van der Waals surface area contributed by atoms with Crippen molar-refractivity contribution in [3.05, 3.63) is 77.4 Å². The summed E-state index contributed by atoms with van der Waals surface area (Å²) in [6, 6.07) is 12.4. The number of fused-ring (bicyclic) bond motifs is 1. The van der Waals surface area contributed by atoms with Gasteiger partial charge >= 0.3 is 6.09 Å². The lowest BCUT2D eigenvalue weighted by molar-refractivity contribution is -0.140. The van der Waals surface area contributed by atoms with Crippen LogP contribution in [-0.4, -0.2) is 103 Å². The predicted molar refractivity (Wildman–Crippen MR) is 181 cm³/mol. The average molecular weight is 672 g/mol. The number of pyridine rings is 1. The summed E-state index contributed by atoms with van der Waals surface area (Å²) in [5, 5.41) is 21.9. The van der Waals surface area contributed by atoms with Crippen molar-refractivity contribution in [2.45, 2.75) is 64.8 Å². The van der Waals surface area contributed by atoms with E-state index in [0.29, 0.717) is 44.6 Å². The summed E-state index contributed by atoms with van der Waals surface area (Å²) in [4.78, 5) is 49.5. The van der Waals surface area contributed by atoms with Gasteiger partial charge in [0.15, 0.2) is 0 Å². The number of aromatic amines is 1. The van der Waals surface area contributed by atoms with E-state index in [2.05, 4.69) is 20.5 Å². The van der Waals surface area contributed by atoms with E-state index in [-0.39, 0.29) is 42.3 Å². The molecule has 0 unspecified atom stereocenters. The highest BCUT2D eigenvalue weighted by Crippen LogP contribution is 2.29. The number of ether oxygens (including phenoxy) is 1. The molecule has 0 bridgehead atoms. The Hall–Kier alpha value is -5.04. The van der Waals surface area contributed by atoms with Gasteiger partial charge in [0.25, 0.3) is 5.91 Å². The van der Waals surface area contributed by atoms with Crippen molar-refractivity contribution in [1.82, 2.24) is 35.2 Å². The van der Waals surface area contributed by atoms with Crippen LogP contribution < -0.4 is 5.32 Å². The topological polar surface area (TPSA) is 144 Å². The van der Waals surface area contributed by atoms with E-state index in [1.165, 1.54) is 18.2 Å². The summed E-state index contributed by atoms with van der Waals surface area (Å²) in [5.74, 6) is -1.18. The van der Waals surface area contributed by atoms with Crippen LogP contribution in [0.5, 0.6) is 5.75 Å². The molecule has 4 aromatic rings. The summed E-state index contributed by atoms with van der Waals surface area (Å²) in [6.07, 6.45) is 2.25. The molecule has 2 atom stereocenters. The van der Waals surface area contributed by atoms with Crippen molar-refractivity contribution >= 4 is 28.8 Å². The summed E-state index contributed by atoms with van der Waals surface area (Å²) >= 11 is 0. The van der Waals surface area contributed by atoms with E-state index in [1.54, 1.807) is 28.1 Å². The zero-order valence-corrected chi connectivity index (χ0v) is 28.2. The molecule has 49 heavy (non-hydrogen) atoms. The first kappa shape index (κ1) is 33.8. The quantitative estimate of drug-likeness (QED) is 0.270. The number of hydrogen-bond acceptors (Lipinski definition) is 8. The van der Waals surface area contributed by atoms with Gasteiger partial charge in [0.1, 0.15) is 22.9 Å². The first-order chi connectivity index (χ1) is 23.4. The highest BCUT2D eigenvalue weighted by molar-refractivity contribution is 6.01. The molecule has 6 rings (SSSR count). The number of carbonyl (C=O) groups is 3. The highest BCUT2D eigenvalue weighted by Gasteiger charge is 2.38. The van der Waals surface area contributed by atoms with Crippen LogP contribution in [0.1, 0.15) is 55.2 Å². The maximum Gasteiger partial charge on any atom is 0.410 e. The van der Waals surface area contributed by atoms with Crippen molar-refractivity contribution < 1.29 is 28.6 Å². The Morgan fingerprint density at radius 3 is 2.51 bits per heavy atom. The van der Waals surface area contributed by atoms with Gasteiger partial charge in [-0.25, -0.2) is 9.18 Å². The number of aryl methyl sites for hydroxylation is 1. The van der Waals surface area contributed by atoms with E-state index < -0.39 is 23.6 Å². The number of carbonyl (C=O) groups excluding carboxylic acids is 3. The fourth-order valence-corrected chi connectivity index (χ4v) is 6.51. The number of aromatic nitrogens is 3. The van der Waals surface area contributed by atoms with Gasteiger partial charge in [0.2, 0.25) is 5.91 Å². The lowest BCUT2D eigenvalue weighted by atomic mass is 9.95. The van der Waals surface area contributed by atoms with Crippen molar-refractivity contribution in [2.24, 2.45) is 0 Å². The summed E-state index contributed by atoms with van der Waals surface area (Å²) in [6.45, 7) is 8.93. The number of H-pyrrole nitrogens is 1. The predicted octanol–water partition coefficient (Wildman–Crippen LogP) is 4.62. The minimum Gasteiger partial charge on any atom is -0.508 e. The number of halogens is 1. The average Bonchev–Trinajstić information content (AvgIpc) is 3.49. The third kappa shape index (κ3) is 7.67. The number of phenolic OH excluding ortho intramolecular Hbond substituents is 1. The van der Waals surface area contributed by atoms with Crippen molar-refractivity contribution in [1.29, 1.82) is 0 Å². The Balaban J connectivity index is 1.17. The van der Waals surface area contributed by atoms with Gasteiger partial charge in [-0.2, -0.15) is 5.10 Å². The van der Waals surface area contributed by atoms with E-state index in [1.807, 2.05) is 50.8 Å². The molecule has 2 saturated heterocycles. The largest absolute Gasteiger partial charge is 0.508 e. The van der Waals surface area contributed by atoms with Gasteiger partial charge in [-0.1, -0.05) is 6.07 Å². The van der Waals surface area contributed by atoms with E-state index in [9.17, 15) is 23.9 Å². The lowest BCUT2D eigenvalue weighted by Gasteiger charge is -2.43. The minimum absolute atomic E-state index is 0.0190. The Morgan fingerprint density at radius 1 is 1.04 bits per heavy atom. The molecule has 0 aliphatic carbocycles. The van der Waals surface area contributed by atoms with Gasteiger partial charge in [-0.3, -0.25) is 24.6 Å². The maximum absolute atomic E-state index is 14.9. The van der Waals surface area contributed by atoms with E-state index >= 15 is 0 Å². The second kappa shape index (κ2) is 13.8. The van der Waals surface area contributed by atoms with E-state index in [4.69, 9.17) is 4.74 Å². The number of phenols is 1. The molecule has 2 fully saturated rings. The number of benzene rings is 2. The first-order valence-corrected chi connectivity index (χ1v) is 16.6. The minimum atomic E-state index is -0.620. The second-order valence-electron chi connectivity index (χ2n) is 13.7. The third-order valence-electron chi connectivity index (χ3n) is 9.00. The standard InChI is InChI=1S/C36H42FN7O5/c1-22-18-23(12-13-38-22)32-26-19-24(8-10-29(26)40-41-32)33(46)39-25-9-11-30(44(20-25)21-27-28(37)6-5-7-31(27)45)34(47)42-14-16-43(17-15-42)35(48)49-36(2,3)4/h5-8,10,12-13,18-19,25,30,45H,9,11,14-17,20-21H2,1-4H3,(H,39,46)(H,40,41)/t25-,30+/m1/s1. The zero-order valence-electron chi connectivity index (χ0n) is 28.2. The molecule has 2 aliphatic heterocycles. The number of likely N-dealkylation sites (tertiary alicyclic amines) is 1. The molecule has 0 radical (unpaired) electrons. The van der Waals surface area contributed by atoms with Crippen LogP contribution in [0.15, 0.2) is 54.7 Å². The van der Waals surface area contributed by atoms with Crippen LogP contribution in [0, 0.1) is 12.7 Å². The van der Waals surface area contributed by atoms with Gasteiger partial charge in [0.05, 0.1) is 11.6 Å². The number of rotatable bonds is 6. The molecular formula is C36H42FN7O5. The van der Waals surface area contributed by atoms with Gasteiger partial charge in [-0.15, -0.1) is 0 Å². The van der Waals surface area contributed by atoms with Crippen molar-refractivity contribution in [3.8, 4) is 17.0 Å². The molecule has 2 aliphatic rings. The lowest BCUT2D eigenvalue weighted by Crippen LogP contribution is -2.59. The van der Waals surface area contributed by atoms with Gasteiger partial charge in [0, 0.05) is 79.3 Å². The van der Waals surface area contributed by atoms with Crippen LogP contribution in [0.25, 0.3) is 22.2 Å². The number of nitrogens with one attached hydrogen (secondary N) is 2. The Morgan fingerprint density at radius 2 is 1.80 bits per heavy atom. The summed E-state index contributed by atoms with van der Waals surface area (Å²) < 4.78 is 20.4. The number of nitrogens with zero attached hydrogens (tertiary/aromatic N) is 5. The number of piperidine rings is 1. The molecule has 13 heteroatoms. The summed E-state index contributed by atoms with van der Waals surface area (Å²) in [5.41, 5.74) is 3.18. The van der Waals surface area contributed by atoms with Gasteiger partial charge < -0.3 is 25.0 Å². The molecule has 4 heterocycles. The van der Waals surface area contributed by atoms with Crippen LogP contribution in [0.2, 0.25) is 0 Å². The van der Waals surface area contributed by atoms with E-state index in [0.717, 1.165) is 27.9 Å². The molecule has 3 N–H and O–H groups in total. The maximum atomic E-state index is 14.9. The zero-order chi connectivity index (χ0) is 34.9. The monoisotopic (exact) mass is 671 g/mol. The number of hydrogen-bond donors (Lipinski definition) is 3. The molecule has 12 nitrogen and oxygen atoms in total. The van der Waals surface area contributed by atoms with Crippen LogP contribution in [0.3, 0.4) is 0 Å². The van der Waals surface area contributed by atoms with Crippen LogP contribution in [-0.2, 0) is 16.1 Å². The fraction of sp³-hybridized carbons (Fsp3) is 0.417. The molecule has 3 amide bonds. The van der Waals surface area contributed by atoms with Crippen molar-refractivity contribution in [3.63, 3.8) is 0 Å². The number of amides is 3. The number of aromatic hydroxyl groups is 1. The third-order valence-corrected chi connectivity index (χ3v) is 9.00. The van der Waals surface area contributed by atoms with Crippen LogP contribution >= 0.6 is 0 Å². The fourth-order valence-electron chi connectivity index (χ4n) is 6.51. The molecule has 0 spiro atoms. The summed E-state index contributed by atoms with van der Waals surface area (Å²) in [7, 11) is 0.